The van der Waals surface area contributed by atoms with Crippen LogP contribution in [0.4, 0.5) is 5.69 Å². The Morgan fingerprint density at radius 1 is 1.17 bits per heavy atom. The normalized spacial score (nSPS) is 33.0. The van der Waals surface area contributed by atoms with Crippen molar-refractivity contribution in [2.24, 2.45) is 0 Å². The summed E-state index contributed by atoms with van der Waals surface area (Å²) >= 11 is 6.47. The quantitative estimate of drug-likeness (QED) is 0.547. The molecule has 1 fully saturated rings. The maximum atomic E-state index is 10.3. The van der Waals surface area contributed by atoms with Crippen molar-refractivity contribution in [3.8, 4) is 5.75 Å². The summed E-state index contributed by atoms with van der Waals surface area (Å²) in [6.45, 7) is 2.27. The molecule has 29 heavy (non-hydrogen) atoms. The molecule has 0 bridgehead atoms. The van der Waals surface area contributed by atoms with Gasteiger partial charge in [-0.25, -0.2) is 0 Å². The van der Waals surface area contributed by atoms with E-state index in [9.17, 15) is 20.4 Å². The third-order valence-corrected chi connectivity index (χ3v) is 6.23. The van der Waals surface area contributed by atoms with Gasteiger partial charge in [0.05, 0.1) is 6.61 Å². The number of benzene rings is 2. The van der Waals surface area contributed by atoms with Gasteiger partial charge in [-0.05, 0) is 17.9 Å². The first kappa shape index (κ1) is 20.7. The molecule has 4 N–H and O–H groups in total. The monoisotopic (exact) mass is 423 g/mol. The van der Waals surface area contributed by atoms with Crippen molar-refractivity contribution in [3.05, 3.63) is 35.9 Å². The molecule has 0 aliphatic carbocycles. The minimum atomic E-state index is -1.49. The Bertz CT molecular complexity index is 891. The molecule has 8 heteroatoms. The van der Waals surface area contributed by atoms with Crippen molar-refractivity contribution in [3.63, 3.8) is 0 Å². The van der Waals surface area contributed by atoms with Crippen molar-refractivity contribution in [1.82, 2.24) is 0 Å². The van der Waals surface area contributed by atoms with E-state index < -0.39 is 37.3 Å². The van der Waals surface area contributed by atoms with Gasteiger partial charge in [-0.3, -0.25) is 0 Å². The fourth-order valence-electron chi connectivity index (χ4n) is 4.30. The number of halogens is 1. The second kappa shape index (κ2) is 7.91. The number of alkyl halides is 1. The van der Waals surface area contributed by atoms with Gasteiger partial charge in [-0.1, -0.05) is 24.3 Å². The summed E-state index contributed by atoms with van der Waals surface area (Å²) in [7, 11) is 1.99. The molecular formula is C21H26ClNO6. The number of rotatable bonds is 4. The van der Waals surface area contributed by atoms with Gasteiger partial charge in [-0.2, -0.15) is 0 Å². The zero-order chi connectivity index (χ0) is 20.9. The summed E-state index contributed by atoms with van der Waals surface area (Å²) in [5.41, 5.74) is 2.15. The van der Waals surface area contributed by atoms with Crippen LogP contribution in [0.1, 0.15) is 18.4 Å². The fraction of sp³-hybridized carbons (Fsp3) is 0.524. The molecule has 0 spiro atoms. The maximum Gasteiger partial charge on any atom is 0.229 e. The Labute approximate surface area is 174 Å². The number of nitrogens with zero attached hydrogens (tertiary/aromatic N) is 1. The smallest absolute Gasteiger partial charge is 0.229 e. The first-order valence-electron chi connectivity index (χ1n) is 9.71. The van der Waals surface area contributed by atoms with Crippen molar-refractivity contribution in [1.29, 1.82) is 0 Å². The SMILES string of the molecule is CC(Cl)C1CN(C)c2cc(OC3OC(CO)C(O)C(O)C3O)c3ccccc3c21. The number of hydrogen-bond donors (Lipinski definition) is 4. The Morgan fingerprint density at radius 3 is 2.52 bits per heavy atom. The number of aliphatic hydroxyl groups is 4. The molecule has 1 saturated heterocycles. The predicted molar refractivity (Wildman–Crippen MR) is 110 cm³/mol. The molecule has 158 valence electrons. The Kier molecular flexibility index (Phi) is 5.63. The molecule has 2 aliphatic heterocycles. The summed E-state index contributed by atoms with van der Waals surface area (Å²) in [6, 6.07) is 9.67. The van der Waals surface area contributed by atoms with Gasteiger partial charge >= 0.3 is 0 Å². The van der Waals surface area contributed by atoms with Crippen LogP contribution in [0, 0.1) is 0 Å². The summed E-state index contributed by atoms with van der Waals surface area (Å²) in [6.07, 6.45) is -6.64. The van der Waals surface area contributed by atoms with E-state index in [1.807, 2.05) is 44.3 Å². The first-order chi connectivity index (χ1) is 13.8. The number of likely N-dealkylation sites (N-methyl/N-ethyl adjacent to an activating group) is 1. The van der Waals surface area contributed by atoms with E-state index in [1.165, 1.54) is 0 Å². The second-order valence-corrected chi connectivity index (χ2v) is 8.52. The number of hydrogen-bond acceptors (Lipinski definition) is 7. The number of aliphatic hydroxyl groups excluding tert-OH is 4. The minimum Gasteiger partial charge on any atom is -0.461 e. The van der Waals surface area contributed by atoms with Crippen LogP contribution in [0.25, 0.3) is 10.8 Å². The molecule has 0 aromatic heterocycles. The van der Waals surface area contributed by atoms with Gasteiger partial charge in [0.2, 0.25) is 6.29 Å². The van der Waals surface area contributed by atoms with E-state index in [1.54, 1.807) is 0 Å². The molecule has 7 nitrogen and oxygen atoms in total. The Hall–Kier alpha value is -1.61. The first-order valence-corrected chi connectivity index (χ1v) is 10.1. The largest absolute Gasteiger partial charge is 0.461 e. The van der Waals surface area contributed by atoms with E-state index in [2.05, 4.69) is 4.90 Å². The molecule has 0 radical (unpaired) electrons. The van der Waals surface area contributed by atoms with Crippen LogP contribution < -0.4 is 9.64 Å². The molecule has 0 amide bonds. The molecule has 2 aromatic carbocycles. The average molecular weight is 424 g/mol. The highest BCUT2D eigenvalue weighted by atomic mass is 35.5. The minimum absolute atomic E-state index is 0.0423. The topological polar surface area (TPSA) is 103 Å². The van der Waals surface area contributed by atoms with Crippen molar-refractivity contribution >= 4 is 28.1 Å². The molecule has 2 aliphatic rings. The van der Waals surface area contributed by atoms with E-state index in [0.29, 0.717) is 5.75 Å². The Balaban J connectivity index is 1.76. The van der Waals surface area contributed by atoms with Crippen LogP contribution in [0.3, 0.4) is 0 Å². The lowest BCUT2D eigenvalue weighted by Crippen LogP contribution is -2.60. The number of ether oxygens (including phenoxy) is 2. The summed E-state index contributed by atoms with van der Waals surface area (Å²) < 4.78 is 11.5. The van der Waals surface area contributed by atoms with Crippen LogP contribution in [-0.4, -0.2) is 76.7 Å². The predicted octanol–water partition coefficient (Wildman–Crippen LogP) is 1.18. The van der Waals surface area contributed by atoms with E-state index in [0.717, 1.165) is 28.6 Å². The summed E-state index contributed by atoms with van der Waals surface area (Å²) in [5.74, 6) is 0.654. The lowest BCUT2D eigenvalue weighted by atomic mass is 9.92. The molecule has 7 unspecified atom stereocenters. The molecule has 2 heterocycles. The third kappa shape index (κ3) is 3.46. The summed E-state index contributed by atoms with van der Waals surface area (Å²) in [4.78, 5) is 2.12. The zero-order valence-corrected chi connectivity index (χ0v) is 17.0. The molecule has 0 saturated carbocycles. The standard InChI is InChI=1S/C21H26ClNO6/c1-10(22)13-8-23(2)14-7-15(11-5-3-4-6-12(11)17(13)14)28-21-20(27)19(26)18(25)16(9-24)29-21/h3-7,10,13,16,18-21,24-27H,8-9H2,1-2H3. The number of fused-ring (bicyclic) bond motifs is 3. The van der Waals surface area contributed by atoms with E-state index >= 15 is 0 Å². The molecule has 4 rings (SSSR count). The molecule has 7 atom stereocenters. The van der Waals surface area contributed by atoms with Crippen LogP contribution in [0.5, 0.6) is 5.75 Å². The highest BCUT2D eigenvalue weighted by molar-refractivity contribution is 6.21. The second-order valence-electron chi connectivity index (χ2n) is 7.83. The number of anilines is 1. The Morgan fingerprint density at radius 2 is 1.86 bits per heavy atom. The van der Waals surface area contributed by atoms with Crippen LogP contribution in [-0.2, 0) is 4.74 Å². The van der Waals surface area contributed by atoms with Crippen molar-refractivity contribution < 1.29 is 29.9 Å². The maximum absolute atomic E-state index is 10.3. The third-order valence-electron chi connectivity index (χ3n) is 5.93. The lowest BCUT2D eigenvalue weighted by molar-refractivity contribution is -0.277. The van der Waals surface area contributed by atoms with Gasteiger partial charge in [-0.15, -0.1) is 11.6 Å². The van der Waals surface area contributed by atoms with Gasteiger partial charge < -0.3 is 34.8 Å². The van der Waals surface area contributed by atoms with E-state index in [-0.39, 0.29) is 11.3 Å². The van der Waals surface area contributed by atoms with Gasteiger partial charge in [0.15, 0.2) is 0 Å². The van der Waals surface area contributed by atoms with Crippen LogP contribution in [0.15, 0.2) is 30.3 Å². The zero-order valence-electron chi connectivity index (χ0n) is 16.3. The average Bonchev–Trinajstić information content (AvgIpc) is 3.05. The molecular weight excluding hydrogens is 398 g/mol. The highest BCUT2D eigenvalue weighted by Gasteiger charge is 2.45. The van der Waals surface area contributed by atoms with Crippen LogP contribution >= 0.6 is 11.6 Å². The fourth-order valence-corrected chi connectivity index (χ4v) is 4.51. The van der Waals surface area contributed by atoms with Gasteiger partial charge in [0.1, 0.15) is 30.2 Å². The van der Waals surface area contributed by atoms with Crippen molar-refractivity contribution in [2.75, 3.05) is 25.1 Å². The van der Waals surface area contributed by atoms with Crippen LogP contribution in [0.2, 0.25) is 0 Å². The van der Waals surface area contributed by atoms with Gasteiger partial charge in [0, 0.05) is 42.0 Å². The van der Waals surface area contributed by atoms with Crippen molar-refractivity contribution in [2.45, 2.75) is 48.9 Å². The lowest BCUT2D eigenvalue weighted by Gasteiger charge is -2.39. The summed E-state index contributed by atoms with van der Waals surface area (Å²) in [5, 5.41) is 41.6. The highest BCUT2D eigenvalue weighted by Crippen LogP contribution is 2.47. The van der Waals surface area contributed by atoms with E-state index in [4.69, 9.17) is 21.1 Å². The molecule has 2 aromatic rings. The van der Waals surface area contributed by atoms with Gasteiger partial charge in [0.25, 0.3) is 0 Å².